The minimum atomic E-state index is -0.408. The van der Waals surface area contributed by atoms with Gasteiger partial charge in [-0.05, 0) is 24.6 Å². The quantitative estimate of drug-likeness (QED) is 0.589. The van der Waals surface area contributed by atoms with Gasteiger partial charge in [0.1, 0.15) is 0 Å². The van der Waals surface area contributed by atoms with Gasteiger partial charge >= 0.3 is 0 Å². The van der Waals surface area contributed by atoms with Gasteiger partial charge in [0.15, 0.2) is 0 Å². The van der Waals surface area contributed by atoms with E-state index in [1.54, 1.807) is 19.1 Å². The zero-order chi connectivity index (χ0) is 10.0. The molecule has 1 rings (SSSR count). The number of hydrogen-bond acceptors (Lipinski definition) is 2. The second kappa shape index (κ2) is 3.70. The fourth-order valence-electron chi connectivity index (χ4n) is 1.02. The fourth-order valence-corrected chi connectivity index (χ4v) is 1.37. The Bertz CT molecular complexity index is 374. The largest absolute Gasteiger partial charge is 0.277 e. The highest BCUT2D eigenvalue weighted by atomic mass is 79.9. The molecule has 0 saturated carbocycles. The lowest BCUT2D eigenvalue weighted by molar-refractivity contribution is -0.385. The molecule has 0 atom stereocenters. The molecule has 4 heteroatoms. The van der Waals surface area contributed by atoms with E-state index in [-0.39, 0.29) is 5.69 Å². The Hall–Kier alpha value is -1.16. The molecule has 68 valence electrons. The van der Waals surface area contributed by atoms with Crippen molar-refractivity contribution in [2.45, 2.75) is 6.92 Å². The lowest BCUT2D eigenvalue weighted by atomic mass is 10.1. The number of nitro groups is 1. The summed E-state index contributed by atoms with van der Waals surface area (Å²) in [6.45, 7) is 5.42. The minimum Gasteiger partial charge on any atom is -0.258 e. The van der Waals surface area contributed by atoms with Gasteiger partial charge < -0.3 is 0 Å². The van der Waals surface area contributed by atoms with Crippen LogP contribution >= 0.6 is 15.9 Å². The number of halogens is 1. The van der Waals surface area contributed by atoms with Crippen molar-refractivity contribution in [3.05, 3.63) is 44.9 Å². The molecule has 3 nitrogen and oxygen atoms in total. The lowest BCUT2D eigenvalue weighted by Gasteiger charge is -2.01. The predicted octanol–water partition coefficient (Wildman–Crippen LogP) is 3.39. The molecule has 0 saturated heterocycles. The fraction of sp³-hybridized carbons (Fsp3) is 0.111. The van der Waals surface area contributed by atoms with E-state index in [0.717, 1.165) is 0 Å². The number of benzene rings is 1. The lowest BCUT2D eigenvalue weighted by Crippen LogP contribution is -1.92. The Kier molecular flexibility index (Phi) is 2.83. The SMILES string of the molecule is C=C(C)c1ccc(Br)cc1[N+](=O)[O-]. The van der Waals surface area contributed by atoms with Crippen LogP contribution in [0.2, 0.25) is 0 Å². The molecule has 0 fully saturated rings. The Morgan fingerprint density at radius 3 is 2.69 bits per heavy atom. The van der Waals surface area contributed by atoms with Crippen molar-refractivity contribution < 1.29 is 4.92 Å². The molecule has 0 aliphatic rings. The van der Waals surface area contributed by atoms with Crippen molar-refractivity contribution >= 4 is 27.2 Å². The Labute approximate surface area is 84.4 Å². The summed E-state index contributed by atoms with van der Waals surface area (Å²) in [5.41, 5.74) is 1.36. The second-order valence-corrected chi connectivity index (χ2v) is 3.61. The summed E-state index contributed by atoms with van der Waals surface area (Å²) >= 11 is 3.18. The summed E-state index contributed by atoms with van der Waals surface area (Å²) in [4.78, 5) is 10.2. The average molecular weight is 242 g/mol. The second-order valence-electron chi connectivity index (χ2n) is 2.70. The first-order valence-corrected chi connectivity index (χ1v) is 4.41. The van der Waals surface area contributed by atoms with Crippen LogP contribution in [0.5, 0.6) is 0 Å². The molecule has 0 aliphatic carbocycles. The smallest absolute Gasteiger partial charge is 0.258 e. The predicted molar refractivity (Wildman–Crippen MR) is 55.5 cm³/mol. The van der Waals surface area contributed by atoms with Crippen LogP contribution in [0.1, 0.15) is 12.5 Å². The van der Waals surface area contributed by atoms with Gasteiger partial charge in [0.2, 0.25) is 0 Å². The van der Waals surface area contributed by atoms with Gasteiger partial charge in [0, 0.05) is 10.5 Å². The molecule has 0 aliphatic heterocycles. The van der Waals surface area contributed by atoms with Crippen molar-refractivity contribution in [2.24, 2.45) is 0 Å². The van der Waals surface area contributed by atoms with Gasteiger partial charge in [-0.2, -0.15) is 0 Å². The van der Waals surface area contributed by atoms with Gasteiger partial charge in [-0.15, -0.1) is 0 Å². The normalized spacial score (nSPS) is 9.69. The molecule has 0 bridgehead atoms. The number of nitrogens with zero attached hydrogens (tertiary/aromatic N) is 1. The minimum absolute atomic E-state index is 0.0851. The summed E-state index contributed by atoms with van der Waals surface area (Å²) in [6.07, 6.45) is 0. The number of hydrogen-bond donors (Lipinski definition) is 0. The molecule has 0 aromatic heterocycles. The van der Waals surface area contributed by atoms with Crippen LogP contribution in [0.3, 0.4) is 0 Å². The summed E-state index contributed by atoms with van der Waals surface area (Å²) in [7, 11) is 0. The van der Waals surface area contributed by atoms with E-state index < -0.39 is 4.92 Å². The first kappa shape index (κ1) is 9.92. The van der Waals surface area contributed by atoms with E-state index in [1.165, 1.54) is 6.07 Å². The summed E-state index contributed by atoms with van der Waals surface area (Å²) in [5.74, 6) is 0. The van der Waals surface area contributed by atoms with Crippen molar-refractivity contribution in [2.75, 3.05) is 0 Å². The third kappa shape index (κ3) is 2.15. The standard InChI is InChI=1S/C9H8BrNO2/c1-6(2)8-4-3-7(10)5-9(8)11(12)13/h3-5H,1H2,2H3. The third-order valence-corrected chi connectivity index (χ3v) is 2.11. The van der Waals surface area contributed by atoms with Crippen LogP contribution in [-0.4, -0.2) is 4.92 Å². The molecule has 0 unspecified atom stereocenters. The number of rotatable bonds is 2. The van der Waals surface area contributed by atoms with Gasteiger partial charge in [-0.1, -0.05) is 22.5 Å². The zero-order valence-corrected chi connectivity index (χ0v) is 8.67. The molecular formula is C9H8BrNO2. The molecule has 0 heterocycles. The van der Waals surface area contributed by atoms with Crippen LogP contribution < -0.4 is 0 Å². The average Bonchev–Trinajstić information content (AvgIpc) is 2.03. The van der Waals surface area contributed by atoms with E-state index in [1.807, 2.05) is 0 Å². The summed E-state index contributed by atoms with van der Waals surface area (Å²) in [6, 6.07) is 4.92. The van der Waals surface area contributed by atoms with E-state index in [9.17, 15) is 10.1 Å². The van der Waals surface area contributed by atoms with Crippen LogP contribution in [0.25, 0.3) is 5.57 Å². The van der Waals surface area contributed by atoms with E-state index in [4.69, 9.17) is 0 Å². The maximum atomic E-state index is 10.6. The van der Waals surface area contributed by atoms with Gasteiger partial charge in [0.25, 0.3) is 5.69 Å². The summed E-state index contributed by atoms with van der Waals surface area (Å²) < 4.78 is 0.698. The van der Waals surface area contributed by atoms with E-state index in [2.05, 4.69) is 22.5 Å². The maximum Gasteiger partial charge on any atom is 0.277 e. The molecular weight excluding hydrogens is 234 g/mol. The van der Waals surface area contributed by atoms with Gasteiger partial charge in [0.05, 0.1) is 10.5 Å². The highest BCUT2D eigenvalue weighted by molar-refractivity contribution is 9.10. The van der Waals surface area contributed by atoms with Crippen LogP contribution in [0.15, 0.2) is 29.3 Å². The third-order valence-electron chi connectivity index (χ3n) is 1.62. The van der Waals surface area contributed by atoms with Crippen molar-refractivity contribution in [1.82, 2.24) is 0 Å². The van der Waals surface area contributed by atoms with Gasteiger partial charge in [-0.25, -0.2) is 0 Å². The molecule has 0 N–H and O–H groups in total. The maximum absolute atomic E-state index is 10.6. The Balaban J connectivity index is 3.35. The Morgan fingerprint density at radius 1 is 1.62 bits per heavy atom. The molecule has 13 heavy (non-hydrogen) atoms. The summed E-state index contributed by atoms with van der Waals surface area (Å²) in [5, 5.41) is 10.6. The topological polar surface area (TPSA) is 43.1 Å². The molecule has 0 radical (unpaired) electrons. The molecule has 0 amide bonds. The Morgan fingerprint density at radius 2 is 2.23 bits per heavy atom. The molecule has 0 spiro atoms. The van der Waals surface area contributed by atoms with Crippen molar-refractivity contribution in [3.63, 3.8) is 0 Å². The monoisotopic (exact) mass is 241 g/mol. The first-order chi connectivity index (χ1) is 6.02. The number of allylic oxidation sites excluding steroid dienone is 1. The highest BCUT2D eigenvalue weighted by Gasteiger charge is 2.13. The van der Waals surface area contributed by atoms with E-state index in [0.29, 0.717) is 15.6 Å². The highest BCUT2D eigenvalue weighted by Crippen LogP contribution is 2.27. The molecule has 1 aromatic carbocycles. The van der Waals surface area contributed by atoms with Crippen LogP contribution in [-0.2, 0) is 0 Å². The van der Waals surface area contributed by atoms with E-state index >= 15 is 0 Å². The van der Waals surface area contributed by atoms with Crippen LogP contribution in [0, 0.1) is 10.1 Å². The first-order valence-electron chi connectivity index (χ1n) is 3.62. The zero-order valence-electron chi connectivity index (χ0n) is 7.08. The van der Waals surface area contributed by atoms with Crippen molar-refractivity contribution in [3.8, 4) is 0 Å². The van der Waals surface area contributed by atoms with Crippen molar-refractivity contribution in [1.29, 1.82) is 0 Å². The van der Waals surface area contributed by atoms with Gasteiger partial charge in [-0.3, -0.25) is 10.1 Å². The molecule has 1 aromatic rings. The van der Waals surface area contributed by atoms with Crippen LogP contribution in [0.4, 0.5) is 5.69 Å². The number of nitro benzene ring substituents is 1.